The van der Waals surface area contributed by atoms with E-state index in [2.05, 4.69) is 31.9 Å². The molecule has 6 rings (SSSR count). The summed E-state index contributed by atoms with van der Waals surface area (Å²) in [5, 5.41) is 15.4. The summed E-state index contributed by atoms with van der Waals surface area (Å²) in [6, 6.07) is 15.2. The van der Waals surface area contributed by atoms with Gasteiger partial charge >= 0.3 is 36.6 Å². The van der Waals surface area contributed by atoms with Gasteiger partial charge in [-0.05, 0) is 94.2 Å². The van der Waals surface area contributed by atoms with Gasteiger partial charge in [-0.2, -0.15) is 0 Å². The molecule has 4 aliphatic heterocycles. The summed E-state index contributed by atoms with van der Waals surface area (Å²) in [6.45, 7) is 21.2. The average Bonchev–Trinajstić information content (AvgIpc) is 4.19. The quantitative estimate of drug-likeness (QED) is 0.0858. The number of alkyl halides is 8. The van der Waals surface area contributed by atoms with Gasteiger partial charge < -0.3 is 70.1 Å². The highest BCUT2D eigenvalue weighted by atomic mass is 19.3. The van der Waals surface area contributed by atoms with Crippen LogP contribution >= 0.6 is 0 Å². The molecule has 0 saturated carbocycles. The number of ether oxygens (including phenoxy) is 6. The van der Waals surface area contributed by atoms with Crippen LogP contribution < -0.4 is 31.9 Å². The van der Waals surface area contributed by atoms with E-state index in [9.17, 15) is 63.9 Å². The first kappa shape index (κ1) is 71.7. The predicted molar refractivity (Wildman–Crippen MR) is 293 cm³/mol. The van der Waals surface area contributed by atoms with Crippen LogP contribution in [-0.4, -0.2) is 171 Å². The largest absolute Gasteiger partial charge is 0.445 e. The van der Waals surface area contributed by atoms with Crippen LogP contribution in [0.4, 0.5) is 63.9 Å². The van der Waals surface area contributed by atoms with Crippen molar-refractivity contribution in [3.8, 4) is 0 Å². The zero-order chi connectivity index (χ0) is 63.3. The molecule has 4 aliphatic rings. The maximum atomic E-state index is 13.3. The summed E-state index contributed by atoms with van der Waals surface area (Å²) in [5.74, 6) is -4.03. The fraction of sp³-hybridized carbons (Fsp3) is 0.679. The lowest BCUT2D eigenvalue weighted by molar-refractivity contribution is 0.0390. The highest BCUT2D eigenvalue weighted by Crippen LogP contribution is 2.27. The third kappa shape index (κ3) is 27.4. The normalized spacial score (nSPS) is 22.3. The summed E-state index contributed by atoms with van der Waals surface area (Å²) in [7, 11) is 0. The fourth-order valence-corrected chi connectivity index (χ4v) is 8.47. The first-order valence-electron chi connectivity index (χ1n) is 27.3. The molecule has 0 spiro atoms. The van der Waals surface area contributed by atoms with Crippen LogP contribution in [0.3, 0.4) is 0 Å². The zero-order valence-corrected chi connectivity index (χ0v) is 49.6. The second-order valence-electron chi connectivity index (χ2n) is 24.2. The zero-order valence-electron chi connectivity index (χ0n) is 49.6. The van der Waals surface area contributed by atoms with E-state index in [4.69, 9.17) is 28.4 Å². The van der Waals surface area contributed by atoms with Gasteiger partial charge in [-0.25, -0.2) is 63.9 Å². The number of hydrogen-bond acceptors (Lipinski definition) is 14. The van der Waals surface area contributed by atoms with Crippen LogP contribution in [0.25, 0.3) is 0 Å². The highest BCUT2D eigenvalue weighted by Gasteiger charge is 2.44. The van der Waals surface area contributed by atoms with Crippen molar-refractivity contribution in [3.63, 3.8) is 0 Å². The SMILES string of the molecule is CC(C)(C)OC(=O)N[C@@H]1CN(C(=O)OCc2ccccc2)C[C@H]1C(F)F.CC(C)(C)OC(=O)N[C@@H]1CNC[C@H]1C(F)F.CC(C)(C)OC(=O)N[C@H]1CN(C(=O)OCc2ccccc2)C[C@@H]1C(F)F.CC(C)(C)OC(=O)N[C@H]1CNC[C@@H]1C(F)F. The molecular weight excluding hydrogens is 1130 g/mol. The summed E-state index contributed by atoms with van der Waals surface area (Å²) in [6.07, 6.45) is -14.5. The van der Waals surface area contributed by atoms with Gasteiger partial charge in [-0.3, -0.25) is 0 Å². The van der Waals surface area contributed by atoms with E-state index in [0.29, 0.717) is 13.1 Å². The molecule has 0 aliphatic carbocycles. The molecule has 6 amide bonds. The molecule has 4 heterocycles. The van der Waals surface area contributed by atoms with E-state index >= 15 is 0 Å². The maximum absolute atomic E-state index is 13.3. The van der Waals surface area contributed by atoms with E-state index in [1.807, 2.05) is 36.4 Å². The van der Waals surface area contributed by atoms with Gasteiger partial charge in [0.15, 0.2) is 0 Å². The first-order chi connectivity index (χ1) is 38.9. The highest BCUT2D eigenvalue weighted by molar-refractivity contribution is 5.72. The minimum absolute atomic E-state index is 0.0537. The number of hydrogen-bond donors (Lipinski definition) is 6. The number of halogens is 8. The van der Waals surface area contributed by atoms with Crippen LogP contribution in [-0.2, 0) is 41.6 Å². The monoisotopic (exact) mass is 1210 g/mol. The molecule has 6 N–H and O–H groups in total. The number of nitrogens with one attached hydrogen (secondary N) is 6. The second-order valence-corrected chi connectivity index (χ2v) is 24.2. The van der Waals surface area contributed by atoms with Crippen LogP contribution in [0, 0.1) is 23.7 Å². The molecule has 0 bridgehead atoms. The Kier molecular flexibility index (Phi) is 27.8. The van der Waals surface area contributed by atoms with Crippen molar-refractivity contribution < 1.29 is 92.3 Å². The fourth-order valence-electron chi connectivity index (χ4n) is 8.47. The van der Waals surface area contributed by atoms with Crippen molar-refractivity contribution in [2.45, 2.75) is 169 Å². The third-order valence-electron chi connectivity index (χ3n) is 12.3. The molecule has 8 atom stereocenters. The predicted octanol–water partition coefficient (Wildman–Crippen LogP) is 9.56. The minimum atomic E-state index is -2.68. The number of nitrogens with zero attached hydrogens (tertiary/aromatic N) is 2. The Labute approximate surface area is 485 Å². The van der Waals surface area contributed by atoms with Gasteiger partial charge in [-0.1, -0.05) is 60.7 Å². The Morgan fingerprint density at radius 1 is 0.417 bits per heavy atom. The molecule has 4 fully saturated rings. The summed E-state index contributed by atoms with van der Waals surface area (Å²) in [5.41, 5.74) is -1.11. The Balaban J connectivity index is 0.000000301. The molecule has 0 unspecified atom stereocenters. The molecule has 20 nitrogen and oxygen atoms in total. The molecule has 28 heteroatoms. The maximum Gasteiger partial charge on any atom is 0.410 e. The Morgan fingerprint density at radius 2 is 0.679 bits per heavy atom. The van der Waals surface area contributed by atoms with Crippen molar-refractivity contribution in [3.05, 3.63) is 71.8 Å². The van der Waals surface area contributed by atoms with E-state index < -0.39 is 133 Å². The van der Waals surface area contributed by atoms with E-state index in [-0.39, 0.29) is 52.5 Å². The lowest BCUT2D eigenvalue weighted by Gasteiger charge is -2.23. The lowest BCUT2D eigenvalue weighted by atomic mass is 10.1. The molecule has 0 radical (unpaired) electrons. The van der Waals surface area contributed by atoms with Crippen LogP contribution in [0.2, 0.25) is 0 Å². The van der Waals surface area contributed by atoms with E-state index in [1.165, 1.54) is 9.80 Å². The number of carbonyl (C=O) groups is 6. The topological polar surface area (TPSA) is 236 Å². The average molecular weight is 1210 g/mol. The number of likely N-dealkylation sites (tertiary alicyclic amines) is 2. The Bertz CT molecular complexity index is 2200. The van der Waals surface area contributed by atoms with Gasteiger partial charge in [0, 0.05) is 52.4 Å². The van der Waals surface area contributed by atoms with Gasteiger partial charge in [0.1, 0.15) is 35.6 Å². The van der Waals surface area contributed by atoms with Crippen molar-refractivity contribution in [1.82, 2.24) is 41.7 Å². The standard InChI is InChI=1S/2C18H24F2N2O4.2C10H18F2N2O2/c2*1-18(2,3)26-16(23)21-14-10-22(9-13(14)15(19)20)17(24)25-11-12-7-5-4-6-8-12;2*1-10(2,3)16-9(15)14-7-5-13-4-6(7)8(11)12/h2*4-8,13-15H,9-11H2,1-3H3,(H,21,23);2*6-8,13H,4-5H2,1-3H3,(H,14,15)/t2*13-,14-;2*6-,7-/m1010/s1. The van der Waals surface area contributed by atoms with Crippen LogP contribution in [0.15, 0.2) is 60.7 Å². The molecule has 2 aromatic rings. The third-order valence-corrected chi connectivity index (χ3v) is 12.3. The Hall–Kier alpha value is -6.58. The number of rotatable bonds is 12. The van der Waals surface area contributed by atoms with E-state index in [1.54, 1.807) is 107 Å². The van der Waals surface area contributed by atoms with Crippen molar-refractivity contribution in [2.24, 2.45) is 23.7 Å². The van der Waals surface area contributed by atoms with Crippen molar-refractivity contribution >= 4 is 36.6 Å². The van der Waals surface area contributed by atoms with Gasteiger partial charge in [0.25, 0.3) is 0 Å². The summed E-state index contributed by atoms with van der Waals surface area (Å²) in [4.78, 5) is 73.2. The van der Waals surface area contributed by atoms with Crippen molar-refractivity contribution in [2.75, 3.05) is 52.4 Å². The Morgan fingerprint density at radius 3 is 0.929 bits per heavy atom. The number of benzene rings is 2. The van der Waals surface area contributed by atoms with E-state index in [0.717, 1.165) is 11.1 Å². The van der Waals surface area contributed by atoms with Crippen molar-refractivity contribution in [1.29, 1.82) is 0 Å². The number of alkyl carbamates (subject to hydrolysis) is 4. The van der Waals surface area contributed by atoms with Crippen LogP contribution in [0.1, 0.15) is 94.2 Å². The lowest BCUT2D eigenvalue weighted by Crippen LogP contribution is -2.45. The summed E-state index contributed by atoms with van der Waals surface area (Å²) < 4.78 is 134. The molecular formula is C56H84F8N8O12. The molecule has 84 heavy (non-hydrogen) atoms. The van der Waals surface area contributed by atoms with Gasteiger partial charge in [0.2, 0.25) is 25.7 Å². The number of carbonyl (C=O) groups excluding carboxylic acids is 6. The molecule has 476 valence electrons. The molecule has 0 aromatic heterocycles. The smallest absolute Gasteiger partial charge is 0.410 e. The summed E-state index contributed by atoms with van der Waals surface area (Å²) >= 11 is 0. The molecule has 2 aromatic carbocycles. The number of amides is 6. The molecule has 4 saturated heterocycles. The van der Waals surface area contributed by atoms with Gasteiger partial charge in [0.05, 0.1) is 47.8 Å². The first-order valence-corrected chi connectivity index (χ1v) is 27.3. The second kappa shape index (κ2) is 32.6. The minimum Gasteiger partial charge on any atom is -0.445 e. The van der Waals surface area contributed by atoms with Gasteiger partial charge in [-0.15, -0.1) is 0 Å². The van der Waals surface area contributed by atoms with Crippen LogP contribution in [0.5, 0.6) is 0 Å².